The Morgan fingerprint density at radius 2 is 2.00 bits per heavy atom. The van der Waals surface area contributed by atoms with E-state index in [1.165, 1.54) is 0 Å². The molecule has 136 valence electrons. The molecule has 1 atom stereocenters. The number of aliphatic carboxylic acids is 1. The minimum absolute atomic E-state index is 0.127. The number of carbonyl (C=O) groups excluding carboxylic acids is 2. The van der Waals surface area contributed by atoms with Crippen LogP contribution in [0, 0.1) is 0 Å². The van der Waals surface area contributed by atoms with E-state index in [4.69, 9.17) is 4.74 Å². The van der Waals surface area contributed by atoms with Crippen LogP contribution in [0.5, 0.6) is 5.75 Å². The second kappa shape index (κ2) is 8.05. The van der Waals surface area contributed by atoms with Gasteiger partial charge in [0, 0.05) is 12.4 Å². The van der Waals surface area contributed by atoms with E-state index in [1.807, 2.05) is 47.9 Å². The highest BCUT2D eigenvalue weighted by Gasteiger charge is 2.30. The predicted molar refractivity (Wildman–Crippen MR) is 96.9 cm³/mol. The fraction of sp³-hybridized carbons (Fsp3) is 0.263. The number of carboxylic acid groups (broad SMARTS) is 1. The van der Waals surface area contributed by atoms with Gasteiger partial charge in [0.2, 0.25) is 5.91 Å². The Morgan fingerprint density at radius 3 is 2.62 bits per heavy atom. The summed E-state index contributed by atoms with van der Waals surface area (Å²) in [6, 6.07) is 11.2. The normalized spacial score (nSPS) is 16.1. The molecule has 6 nitrogen and oxygen atoms in total. The van der Waals surface area contributed by atoms with Crippen LogP contribution in [0.1, 0.15) is 35.7 Å². The van der Waals surface area contributed by atoms with Crippen molar-refractivity contribution in [2.45, 2.75) is 25.3 Å². The molecule has 0 unspecified atom stereocenters. The lowest BCUT2D eigenvalue weighted by atomic mass is 10.1. The maximum atomic E-state index is 12.6. The number of rotatable bonds is 7. The van der Waals surface area contributed by atoms with Crippen molar-refractivity contribution in [2.75, 3.05) is 7.11 Å². The summed E-state index contributed by atoms with van der Waals surface area (Å²) < 4.78 is 5.19. The summed E-state index contributed by atoms with van der Waals surface area (Å²) in [4.78, 5) is 24.3. The fourth-order valence-electron chi connectivity index (χ4n) is 2.81. The van der Waals surface area contributed by atoms with E-state index in [2.05, 4.69) is 5.43 Å². The maximum absolute atomic E-state index is 12.6. The summed E-state index contributed by atoms with van der Waals surface area (Å²) in [7, 11) is 1.61. The molecule has 0 spiro atoms. The first kappa shape index (κ1) is 18.0. The van der Waals surface area contributed by atoms with Crippen molar-refractivity contribution in [1.82, 2.24) is 10.4 Å². The Hall–Kier alpha value is -2.80. The van der Waals surface area contributed by atoms with Crippen molar-refractivity contribution in [3.05, 3.63) is 58.3 Å². The molecule has 1 aliphatic rings. The van der Waals surface area contributed by atoms with E-state index in [9.17, 15) is 14.7 Å². The Balaban J connectivity index is 1.81. The molecule has 2 heterocycles. The summed E-state index contributed by atoms with van der Waals surface area (Å²) >= 11 is 1.58. The third-order valence-electron chi connectivity index (χ3n) is 4.13. The van der Waals surface area contributed by atoms with Crippen LogP contribution < -0.4 is 15.3 Å². The lowest BCUT2D eigenvalue weighted by molar-refractivity contribution is -0.305. The topological polar surface area (TPSA) is 81.7 Å². The number of methoxy groups -OCH3 is 1. The highest BCUT2D eigenvalue weighted by molar-refractivity contribution is 7.11. The van der Waals surface area contributed by atoms with E-state index < -0.39 is 5.97 Å². The Bertz CT molecular complexity index is 799. The third-order valence-corrected chi connectivity index (χ3v) is 5.03. The van der Waals surface area contributed by atoms with Crippen LogP contribution in [-0.2, 0) is 9.59 Å². The van der Waals surface area contributed by atoms with Crippen LogP contribution in [0.15, 0.2) is 47.9 Å². The van der Waals surface area contributed by atoms with Crippen LogP contribution in [-0.4, -0.2) is 24.0 Å². The van der Waals surface area contributed by atoms with Gasteiger partial charge in [0.05, 0.1) is 23.7 Å². The SMILES string of the molecule is COc1ccc([C@@H]2C=C(c3cccs3)NN2C(=O)CCCC(=O)[O-])cc1. The van der Waals surface area contributed by atoms with Gasteiger partial charge < -0.3 is 14.6 Å². The number of hydrogen-bond donors (Lipinski definition) is 1. The number of ether oxygens (including phenoxy) is 1. The van der Waals surface area contributed by atoms with Crippen molar-refractivity contribution in [1.29, 1.82) is 0 Å². The van der Waals surface area contributed by atoms with Gasteiger partial charge in [-0.2, -0.15) is 0 Å². The molecule has 1 aromatic carbocycles. The molecule has 7 heteroatoms. The van der Waals surface area contributed by atoms with Crippen molar-refractivity contribution < 1.29 is 19.4 Å². The molecule has 1 aliphatic heterocycles. The number of hydrazine groups is 1. The van der Waals surface area contributed by atoms with Gasteiger partial charge in [0.1, 0.15) is 5.75 Å². The summed E-state index contributed by atoms with van der Waals surface area (Å²) in [5.74, 6) is -0.555. The molecule has 0 aliphatic carbocycles. The summed E-state index contributed by atoms with van der Waals surface area (Å²) in [6.07, 6.45) is 2.27. The van der Waals surface area contributed by atoms with E-state index in [0.29, 0.717) is 0 Å². The minimum Gasteiger partial charge on any atom is -0.550 e. The molecule has 26 heavy (non-hydrogen) atoms. The minimum atomic E-state index is -1.14. The molecule has 2 aromatic rings. The first-order valence-corrected chi connectivity index (χ1v) is 9.14. The number of hydrogen-bond acceptors (Lipinski definition) is 6. The molecular weight excluding hydrogens is 352 g/mol. The molecule has 1 aromatic heterocycles. The van der Waals surface area contributed by atoms with Crippen LogP contribution in [0.25, 0.3) is 5.70 Å². The van der Waals surface area contributed by atoms with Crippen LogP contribution in [0.3, 0.4) is 0 Å². The number of carboxylic acids is 1. The Labute approximate surface area is 155 Å². The lowest BCUT2D eigenvalue weighted by Crippen LogP contribution is -2.39. The average Bonchev–Trinajstić information content (AvgIpc) is 3.31. The summed E-state index contributed by atoms with van der Waals surface area (Å²) in [5.41, 5.74) is 4.98. The van der Waals surface area contributed by atoms with Crippen LogP contribution >= 0.6 is 11.3 Å². The third kappa shape index (κ3) is 4.05. The molecule has 1 N–H and O–H groups in total. The Morgan fingerprint density at radius 1 is 1.23 bits per heavy atom. The van der Waals surface area contributed by atoms with Gasteiger partial charge in [0.15, 0.2) is 0 Å². The largest absolute Gasteiger partial charge is 0.550 e. The highest BCUT2D eigenvalue weighted by Crippen LogP contribution is 2.34. The van der Waals surface area contributed by atoms with Gasteiger partial charge in [-0.25, -0.2) is 5.01 Å². The molecule has 0 fully saturated rings. The number of benzene rings is 1. The predicted octanol–water partition coefficient (Wildman–Crippen LogP) is 2.11. The summed E-state index contributed by atoms with van der Waals surface area (Å²) in [5, 5.41) is 14.1. The zero-order chi connectivity index (χ0) is 18.5. The standard InChI is InChI=1S/C19H20N2O4S/c1-25-14-9-7-13(8-10-14)16-12-15(17-4-3-11-26-17)20-21(16)18(22)5-2-6-19(23)24/h3-4,7-12,16,20H,2,5-6H2,1H3,(H,23,24)/p-1/t16-/m0/s1. The van der Waals surface area contributed by atoms with Crippen LogP contribution in [0.4, 0.5) is 0 Å². The number of nitrogens with one attached hydrogen (secondary N) is 1. The molecule has 1 amide bonds. The van der Waals surface area contributed by atoms with E-state index >= 15 is 0 Å². The smallest absolute Gasteiger partial charge is 0.241 e. The second-order valence-corrected chi connectivity index (χ2v) is 6.82. The van der Waals surface area contributed by atoms with Gasteiger partial charge in [-0.3, -0.25) is 10.2 Å². The van der Waals surface area contributed by atoms with E-state index in [0.717, 1.165) is 21.9 Å². The van der Waals surface area contributed by atoms with Crippen molar-refractivity contribution >= 4 is 28.9 Å². The monoisotopic (exact) mass is 371 g/mol. The van der Waals surface area contributed by atoms with Gasteiger partial charge >= 0.3 is 0 Å². The fourth-order valence-corrected chi connectivity index (χ4v) is 3.51. The first-order chi connectivity index (χ1) is 12.6. The molecule has 0 saturated carbocycles. The molecule has 0 saturated heterocycles. The van der Waals surface area contributed by atoms with Gasteiger partial charge in [0.25, 0.3) is 0 Å². The van der Waals surface area contributed by atoms with Gasteiger partial charge in [-0.1, -0.05) is 18.2 Å². The van der Waals surface area contributed by atoms with Crippen LogP contribution in [0.2, 0.25) is 0 Å². The van der Waals surface area contributed by atoms with Gasteiger partial charge in [-0.05, 0) is 48.1 Å². The molecule has 3 rings (SSSR count). The molecule has 0 bridgehead atoms. The highest BCUT2D eigenvalue weighted by atomic mass is 32.1. The zero-order valence-electron chi connectivity index (χ0n) is 14.3. The molecular formula is C19H19N2O4S-. The number of nitrogens with zero attached hydrogens (tertiary/aromatic N) is 1. The van der Waals surface area contributed by atoms with Crippen molar-refractivity contribution in [2.24, 2.45) is 0 Å². The second-order valence-electron chi connectivity index (χ2n) is 5.88. The van der Waals surface area contributed by atoms with Crippen molar-refractivity contribution in [3.63, 3.8) is 0 Å². The van der Waals surface area contributed by atoms with E-state index in [-0.39, 0.29) is 31.2 Å². The number of carbonyl (C=O) groups is 2. The zero-order valence-corrected chi connectivity index (χ0v) is 15.1. The number of amides is 1. The van der Waals surface area contributed by atoms with E-state index in [1.54, 1.807) is 23.5 Å². The quantitative estimate of drug-likeness (QED) is 0.806. The lowest BCUT2D eigenvalue weighted by Gasteiger charge is -2.25. The summed E-state index contributed by atoms with van der Waals surface area (Å²) in [6.45, 7) is 0. The molecule has 0 radical (unpaired) electrons. The van der Waals surface area contributed by atoms with Gasteiger partial charge in [-0.15, -0.1) is 11.3 Å². The maximum Gasteiger partial charge on any atom is 0.241 e. The Kier molecular flexibility index (Phi) is 5.58. The first-order valence-electron chi connectivity index (χ1n) is 8.26. The average molecular weight is 371 g/mol. The number of thiophene rings is 1. The van der Waals surface area contributed by atoms with Crippen molar-refractivity contribution in [3.8, 4) is 5.75 Å².